The first-order valence-electron chi connectivity index (χ1n) is 6.86. The first kappa shape index (κ1) is 15.0. The number of benzene rings is 1. The molecule has 3 rings (SSSR count). The minimum Gasteiger partial charge on any atom is -0.497 e. The molecule has 1 unspecified atom stereocenters. The third kappa shape index (κ3) is 2.23. The van der Waals surface area contributed by atoms with E-state index < -0.39 is 23.9 Å². The van der Waals surface area contributed by atoms with Crippen LogP contribution in [0.2, 0.25) is 0 Å². The van der Waals surface area contributed by atoms with E-state index in [0.717, 1.165) is 11.1 Å². The Bertz CT molecular complexity index is 754. The van der Waals surface area contributed by atoms with Crippen molar-refractivity contribution >= 4 is 11.9 Å². The van der Waals surface area contributed by atoms with Gasteiger partial charge in [-0.25, -0.2) is 4.68 Å². The van der Waals surface area contributed by atoms with Crippen molar-refractivity contribution in [3.63, 3.8) is 0 Å². The number of rotatable bonds is 4. The first-order valence-corrected chi connectivity index (χ1v) is 6.86. The Balaban J connectivity index is 2.17. The lowest BCUT2D eigenvalue weighted by Crippen LogP contribution is -2.34. The molecule has 0 fully saturated rings. The minimum atomic E-state index is -1.17. The van der Waals surface area contributed by atoms with Gasteiger partial charge in [0.05, 0.1) is 33.2 Å². The highest BCUT2D eigenvalue weighted by Crippen LogP contribution is 2.44. The van der Waals surface area contributed by atoms with Gasteiger partial charge < -0.3 is 14.2 Å². The highest BCUT2D eigenvalue weighted by molar-refractivity contribution is 5.96. The van der Waals surface area contributed by atoms with Gasteiger partial charge in [-0.1, -0.05) is 11.3 Å². The fraction of sp³-hybridized carbons (Fsp3) is 0.333. The molecule has 1 atom stereocenters. The molecule has 120 valence electrons. The van der Waals surface area contributed by atoms with Crippen molar-refractivity contribution in [1.82, 2.24) is 15.0 Å². The Morgan fingerprint density at radius 3 is 2.48 bits per heavy atom. The van der Waals surface area contributed by atoms with E-state index in [1.165, 1.54) is 18.9 Å². The SMILES string of the molecule is COC(=O)C(C(=O)OC)C1c2ccc(OC)cc2-c2cnnn21. The van der Waals surface area contributed by atoms with Gasteiger partial charge in [0.25, 0.3) is 0 Å². The molecule has 0 N–H and O–H groups in total. The van der Waals surface area contributed by atoms with Crippen molar-refractivity contribution in [2.45, 2.75) is 6.04 Å². The van der Waals surface area contributed by atoms with Gasteiger partial charge in [-0.05, 0) is 17.7 Å². The Kier molecular flexibility index (Phi) is 3.73. The van der Waals surface area contributed by atoms with Gasteiger partial charge in [-0.2, -0.15) is 0 Å². The smallest absolute Gasteiger partial charge is 0.322 e. The second kappa shape index (κ2) is 5.71. The predicted molar refractivity (Wildman–Crippen MR) is 77.7 cm³/mol. The van der Waals surface area contributed by atoms with Crippen molar-refractivity contribution in [3.05, 3.63) is 30.0 Å². The van der Waals surface area contributed by atoms with Crippen LogP contribution in [0.15, 0.2) is 24.4 Å². The van der Waals surface area contributed by atoms with Gasteiger partial charge in [0.15, 0.2) is 5.92 Å². The van der Waals surface area contributed by atoms with Gasteiger partial charge in [0.1, 0.15) is 11.8 Å². The van der Waals surface area contributed by atoms with Gasteiger partial charge in [0, 0.05) is 5.56 Å². The average Bonchev–Trinajstić information content (AvgIpc) is 3.16. The molecule has 0 radical (unpaired) electrons. The number of hydrogen-bond acceptors (Lipinski definition) is 7. The maximum Gasteiger partial charge on any atom is 0.322 e. The Morgan fingerprint density at radius 1 is 1.17 bits per heavy atom. The largest absolute Gasteiger partial charge is 0.497 e. The number of nitrogens with zero attached hydrogens (tertiary/aromatic N) is 3. The maximum absolute atomic E-state index is 12.2. The molecule has 0 bridgehead atoms. The predicted octanol–water partition coefficient (Wildman–Crippen LogP) is 0.819. The van der Waals surface area contributed by atoms with Crippen LogP contribution in [-0.4, -0.2) is 48.3 Å². The second-order valence-electron chi connectivity index (χ2n) is 4.99. The zero-order valence-electron chi connectivity index (χ0n) is 12.8. The third-order valence-corrected chi connectivity index (χ3v) is 3.92. The summed E-state index contributed by atoms with van der Waals surface area (Å²) in [6, 6.07) is 4.70. The molecule has 23 heavy (non-hydrogen) atoms. The summed E-state index contributed by atoms with van der Waals surface area (Å²) in [6.07, 6.45) is 1.57. The number of ether oxygens (including phenoxy) is 3. The van der Waals surface area contributed by atoms with Crippen molar-refractivity contribution in [1.29, 1.82) is 0 Å². The van der Waals surface area contributed by atoms with Crippen molar-refractivity contribution in [3.8, 4) is 17.0 Å². The van der Waals surface area contributed by atoms with E-state index in [-0.39, 0.29) is 0 Å². The van der Waals surface area contributed by atoms with E-state index in [0.29, 0.717) is 11.4 Å². The number of carbonyl (C=O) groups is 2. The van der Waals surface area contributed by atoms with E-state index in [1.807, 2.05) is 6.07 Å². The molecule has 0 spiro atoms. The number of methoxy groups -OCH3 is 3. The van der Waals surface area contributed by atoms with Gasteiger partial charge in [-0.15, -0.1) is 5.10 Å². The lowest BCUT2D eigenvalue weighted by atomic mass is 9.92. The molecule has 8 nitrogen and oxygen atoms in total. The summed E-state index contributed by atoms with van der Waals surface area (Å²) < 4.78 is 16.3. The lowest BCUT2D eigenvalue weighted by Gasteiger charge is -2.20. The van der Waals surface area contributed by atoms with E-state index >= 15 is 0 Å². The summed E-state index contributed by atoms with van der Waals surface area (Å²) in [5, 5.41) is 7.88. The second-order valence-corrected chi connectivity index (χ2v) is 4.99. The van der Waals surface area contributed by atoms with E-state index in [4.69, 9.17) is 14.2 Å². The number of esters is 2. The maximum atomic E-state index is 12.2. The fourth-order valence-corrected chi connectivity index (χ4v) is 2.84. The number of carbonyl (C=O) groups excluding carboxylic acids is 2. The third-order valence-electron chi connectivity index (χ3n) is 3.92. The van der Waals surface area contributed by atoms with Crippen LogP contribution >= 0.6 is 0 Å². The Hall–Kier alpha value is -2.90. The van der Waals surface area contributed by atoms with Crippen LogP contribution in [0.4, 0.5) is 0 Å². The molecule has 1 aromatic heterocycles. The number of hydrogen-bond donors (Lipinski definition) is 0. The molecular weight excluding hydrogens is 302 g/mol. The molecule has 0 aliphatic carbocycles. The summed E-state index contributed by atoms with van der Waals surface area (Å²) in [5.74, 6) is -1.89. The monoisotopic (exact) mass is 317 g/mol. The van der Waals surface area contributed by atoms with Crippen molar-refractivity contribution in [2.75, 3.05) is 21.3 Å². The van der Waals surface area contributed by atoms with Crippen molar-refractivity contribution < 1.29 is 23.8 Å². The minimum absolute atomic E-state index is 0.657. The summed E-state index contributed by atoms with van der Waals surface area (Å²) in [7, 11) is 4.02. The summed E-state index contributed by atoms with van der Waals surface area (Å²) >= 11 is 0. The molecule has 0 saturated carbocycles. The number of aromatic nitrogens is 3. The van der Waals surface area contributed by atoms with Crippen LogP contribution in [-0.2, 0) is 19.1 Å². The molecule has 8 heteroatoms. The quantitative estimate of drug-likeness (QED) is 0.609. The zero-order chi connectivity index (χ0) is 16.6. The standard InChI is InChI=1S/C15H15N3O5/c1-21-8-4-5-9-10(6-8)11-7-16-17-18(11)13(9)12(14(19)22-2)15(20)23-3/h4-7,12-13H,1-3H3. The lowest BCUT2D eigenvalue weighted by molar-refractivity contribution is -0.160. The molecule has 1 aliphatic heterocycles. The molecule has 0 amide bonds. The van der Waals surface area contributed by atoms with Crippen LogP contribution in [0.25, 0.3) is 11.3 Å². The van der Waals surface area contributed by atoms with Gasteiger partial charge in [0.2, 0.25) is 0 Å². The fourth-order valence-electron chi connectivity index (χ4n) is 2.84. The highest BCUT2D eigenvalue weighted by atomic mass is 16.5. The van der Waals surface area contributed by atoms with E-state index in [9.17, 15) is 9.59 Å². The van der Waals surface area contributed by atoms with Gasteiger partial charge >= 0.3 is 11.9 Å². The molecule has 2 heterocycles. The van der Waals surface area contributed by atoms with Crippen LogP contribution < -0.4 is 4.74 Å². The average molecular weight is 317 g/mol. The molecular formula is C15H15N3O5. The van der Waals surface area contributed by atoms with E-state index in [2.05, 4.69) is 10.3 Å². The van der Waals surface area contributed by atoms with Crippen LogP contribution in [0.5, 0.6) is 5.75 Å². The normalized spacial score (nSPS) is 15.0. The Labute approximate surface area is 131 Å². The highest BCUT2D eigenvalue weighted by Gasteiger charge is 2.45. The first-order chi connectivity index (χ1) is 11.1. The molecule has 1 aromatic carbocycles. The molecule has 0 saturated heterocycles. The molecule has 1 aliphatic rings. The zero-order valence-corrected chi connectivity index (χ0v) is 12.8. The van der Waals surface area contributed by atoms with Crippen LogP contribution in [0.3, 0.4) is 0 Å². The van der Waals surface area contributed by atoms with Crippen molar-refractivity contribution in [2.24, 2.45) is 5.92 Å². The van der Waals surface area contributed by atoms with Crippen LogP contribution in [0.1, 0.15) is 11.6 Å². The summed E-state index contributed by atoms with van der Waals surface area (Å²) in [4.78, 5) is 24.3. The number of fused-ring (bicyclic) bond motifs is 3. The van der Waals surface area contributed by atoms with Gasteiger partial charge in [-0.3, -0.25) is 9.59 Å². The topological polar surface area (TPSA) is 92.5 Å². The Morgan fingerprint density at radius 2 is 1.87 bits per heavy atom. The summed E-state index contributed by atoms with van der Waals surface area (Å²) in [5.41, 5.74) is 2.26. The van der Waals surface area contributed by atoms with Crippen LogP contribution in [0, 0.1) is 5.92 Å². The molecule has 2 aromatic rings. The van der Waals surface area contributed by atoms with E-state index in [1.54, 1.807) is 25.4 Å². The summed E-state index contributed by atoms with van der Waals surface area (Å²) in [6.45, 7) is 0.